The minimum atomic E-state index is -0.561. The largest absolute Gasteiger partial charge is 0.497 e. The topological polar surface area (TPSA) is 79.8 Å². The van der Waals surface area contributed by atoms with Crippen molar-refractivity contribution in [1.82, 2.24) is 5.43 Å². The maximum atomic E-state index is 12.7. The summed E-state index contributed by atoms with van der Waals surface area (Å²) in [6.45, 7) is 0. The molecule has 0 saturated heterocycles. The maximum absolute atomic E-state index is 12.7. The number of anilines is 1. The molecular formula is C17H16FN3O3. The fourth-order valence-corrected chi connectivity index (χ4v) is 1.82. The molecule has 0 aliphatic heterocycles. The van der Waals surface area contributed by atoms with Crippen LogP contribution >= 0.6 is 0 Å². The summed E-state index contributed by atoms with van der Waals surface area (Å²) < 4.78 is 17.8. The first kappa shape index (κ1) is 17.1. The van der Waals surface area contributed by atoms with Crippen molar-refractivity contribution in [2.24, 2.45) is 5.10 Å². The Balaban J connectivity index is 1.80. The number of hydrogen-bond acceptors (Lipinski definition) is 4. The number of amides is 2. The summed E-state index contributed by atoms with van der Waals surface area (Å²) in [5.41, 5.74) is 3.39. The molecule has 0 bridgehead atoms. The van der Waals surface area contributed by atoms with E-state index in [2.05, 4.69) is 15.8 Å². The summed E-state index contributed by atoms with van der Waals surface area (Å²) in [5, 5.41) is 6.30. The minimum absolute atomic E-state index is 0.356. The van der Waals surface area contributed by atoms with Crippen molar-refractivity contribution >= 4 is 23.7 Å². The quantitative estimate of drug-likeness (QED) is 0.485. The van der Waals surface area contributed by atoms with Crippen molar-refractivity contribution in [1.29, 1.82) is 0 Å². The molecule has 2 amide bonds. The molecule has 0 aromatic heterocycles. The van der Waals surface area contributed by atoms with Crippen molar-refractivity contribution in [2.75, 3.05) is 12.4 Å². The molecule has 0 fully saturated rings. The average Bonchev–Trinajstić information content (AvgIpc) is 2.56. The monoisotopic (exact) mass is 329 g/mol. The van der Waals surface area contributed by atoms with Crippen LogP contribution in [0.4, 0.5) is 10.1 Å². The predicted octanol–water partition coefficient (Wildman–Crippen LogP) is 2.31. The van der Waals surface area contributed by atoms with Crippen LogP contribution in [0.1, 0.15) is 12.0 Å². The molecule has 6 nitrogen and oxygen atoms in total. The Morgan fingerprint density at radius 3 is 2.62 bits per heavy atom. The molecule has 0 saturated carbocycles. The van der Waals surface area contributed by atoms with E-state index in [4.69, 9.17) is 4.74 Å². The third kappa shape index (κ3) is 5.53. The van der Waals surface area contributed by atoms with E-state index in [-0.39, 0.29) is 12.2 Å². The van der Waals surface area contributed by atoms with Gasteiger partial charge < -0.3 is 10.1 Å². The first-order valence-electron chi connectivity index (χ1n) is 7.08. The minimum Gasteiger partial charge on any atom is -0.497 e. The van der Waals surface area contributed by atoms with E-state index >= 15 is 0 Å². The van der Waals surface area contributed by atoms with Crippen LogP contribution < -0.4 is 15.5 Å². The SMILES string of the molecule is COc1cccc(NC(=O)CC(=O)NN=Cc2ccc(F)cc2)c1. The van der Waals surface area contributed by atoms with Crippen molar-refractivity contribution in [3.8, 4) is 5.75 Å². The van der Waals surface area contributed by atoms with Crippen LogP contribution in [0.15, 0.2) is 53.6 Å². The fourth-order valence-electron chi connectivity index (χ4n) is 1.82. The number of hydrogen-bond donors (Lipinski definition) is 2. The first-order valence-corrected chi connectivity index (χ1v) is 7.08. The predicted molar refractivity (Wildman–Crippen MR) is 88.4 cm³/mol. The number of carbonyl (C=O) groups excluding carboxylic acids is 2. The Morgan fingerprint density at radius 1 is 1.17 bits per heavy atom. The lowest BCUT2D eigenvalue weighted by atomic mass is 10.2. The van der Waals surface area contributed by atoms with Gasteiger partial charge >= 0.3 is 0 Å². The second-order valence-electron chi connectivity index (χ2n) is 4.80. The molecule has 24 heavy (non-hydrogen) atoms. The Labute approximate surface area is 138 Å². The smallest absolute Gasteiger partial charge is 0.249 e. The Morgan fingerprint density at radius 2 is 1.92 bits per heavy atom. The number of hydrazone groups is 1. The number of methoxy groups -OCH3 is 1. The maximum Gasteiger partial charge on any atom is 0.249 e. The summed E-state index contributed by atoms with van der Waals surface area (Å²) in [6.07, 6.45) is 0.981. The lowest BCUT2D eigenvalue weighted by Crippen LogP contribution is -2.24. The highest BCUT2D eigenvalue weighted by atomic mass is 19.1. The van der Waals surface area contributed by atoms with Gasteiger partial charge in [0.1, 0.15) is 18.0 Å². The second kappa shape index (κ2) is 8.42. The van der Waals surface area contributed by atoms with Gasteiger partial charge in [-0.3, -0.25) is 9.59 Å². The molecule has 2 N–H and O–H groups in total. The number of halogens is 1. The van der Waals surface area contributed by atoms with Crippen LogP contribution in [-0.2, 0) is 9.59 Å². The van der Waals surface area contributed by atoms with Crippen molar-refractivity contribution in [3.05, 3.63) is 59.9 Å². The van der Waals surface area contributed by atoms with Crippen molar-refractivity contribution < 1.29 is 18.7 Å². The van der Waals surface area contributed by atoms with E-state index in [1.807, 2.05) is 0 Å². The van der Waals surface area contributed by atoms with Gasteiger partial charge in [0.25, 0.3) is 0 Å². The molecule has 0 aliphatic rings. The summed E-state index contributed by atoms with van der Waals surface area (Å²) in [4.78, 5) is 23.4. The van der Waals surface area contributed by atoms with Crippen LogP contribution in [0.5, 0.6) is 5.75 Å². The van der Waals surface area contributed by atoms with Crippen molar-refractivity contribution in [3.63, 3.8) is 0 Å². The van der Waals surface area contributed by atoms with Gasteiger partial charge in [0.05, 0.1) is 13.3 Å². The van der Waals surface area contributed by atoms with Crippen LogP contribution in [0.25, 0.3) is 0 Å². The Kier molecular flexibility index (Phi) is 6.01. The van der Waals surface area contributed by atoms with Crippen LogP contribution in [0.3, 0.4) is 0 Å². The molecule has 7 heteroatoms. The number of ether oxygens (including phenoxy) is 1. The molecule has 0 spiro atoms. The molecule has 0 atom stereocenters. The first-order chi connectivity index (χ1) is 11.6. The molecule has 0 heterocycles. The number of carbonyl (C=O) groups is 2. The van der Waals surface area contributed by atoms with E-state index in [9.17, 15) is 14.0 Å². The van der Waals surface area contributed by atoms with Crippen LogP contribution in [0.2, 0.25) is 0 Å². The van der Waals surface area contributed by atoms with E-state index in [1.54, 1.807) is 24.3 Å². The van der Waals surface area contributed by atoms with Gasteiger partial charge in [0.15, 0.2) is 0 Å². The molecule has 2 aromatic carbocycles. The Hall–Kier alpha value is -3.22. The normalized spacial score (nSPS) is 10.4. The number of rotatable bonds is 6. The number of nitrogens with one attached hydrogen (secondary N) is 2. The lowest BCUT2D eigenvalue weighted by Gasteiger charge is -2.06. The van der Waals surface area contributed by atoms with Gasteiger partial charge in [-0.1, -0.05) is 18.2 Å². The highest BCUT2D eigenvalue weighted by Gasteiger charge is 2.09. The van der Waals surface area contributed by atoms with Gasteiger partial charge in [-0.25, -0.2) is 9.82 Å². The summed E-state index contributed by atoms with van der Waals surface area (Å²) in [7, 11) is 1.52. The third-order valence-corrected chi connectivity index (χ3v) is 2.95. The third-order valence-electron chi connectivity index (χ3n) is 2.95. The highest BCUT2D eigenvalue weighted by molar-refractivity contribution is 6.03. The Bertz CT molecular complexity index is 745. The molecule has 124 valence electrons. The van der Waals surface area contributed by atoms with Crippen molar-refractivity contribution in [2.45, 2.75) is 6.42 Å². The zero-order valence-corrected chi connectivity index (χ0v) is 13.0. The van der Waals surface area contributed by atoms with Crippen LogP contribution in [-0.4, -0.2) is 25.1 Å². The fraction of sp³-hybridized carbons (Fsp3) is 0.118. The van der Waals surface area contributed by atoms with Gasteiger partial charge in [-0.15, -0.1) is 0 Å². The zero-order valence-electron chi connectivity index (χ0n) is 13.0. The second-order valence-corrected chi connectivity index (χ2v) is 4.80. The average molecular weight is 329 g/mol. The number of benzene rings is 2. The van der Waals surface area contributed by atoms with E-state index < -0.39 is 11.8 Å². The summed E-state index contributed by atoms with van der Waals surface area (Å²) >= 11 is 0. The number of nitrogens with zero attached hydrogens (tertiary/aromatic N) is 1. The lowest BCUT2D eigenvalue weighted by molar-refractivity contribution is -0.126. The van der Waals surface area contributed by atoms with E-state index in [0.29, 0.717) is 17.0 Å². The highest BCUT2D eigenvalue weighted by Crippen LogP contribution is 2.16. The summed E-state index contributed by atoms with van der Waals surface area (Å²) in [5.74, 6) is -0.793. The van der Waals surface area contributed by atoms with E-state index in [1.165, 1.54) is 37.6 Å². The molecule has 0 unspecified atom stereocenters. The molecular weight excluding hydrogens is 313 g/mol. The van der Waals surface area contributed by atoms with Gasteiger partial charge in [0.2, 0.25) is 11.8 Å². The molecule has 2 aromatic rings. The molecule has 0 aliphatic carbocycles. The standard InChI is InChI=1S/C17H16FN3O3/c1-24-15-4-2-3-14(9-15)20-16(22)10-17(23)21-19-11-12-5-7-13(18)8-6-12/h2-9,11H,10H2,1H3,(H,20,22)(H,21,23). The van der Waals surface area contributed by atoms with Gasteiger partial charge in [0, 0.05) is 11.8 Å². The van der Waals surface area contributed by atoms with E-state index in [0.717, 1.165) is 0 Å². The summed E-state index contributed by atoms with van der Waals surface area (Å²) in [6, 6.07) is 12.4. The van der Waals surface area contributed by atoms with Crippen LogP contribution in [0, 0.1) is 5.82 Å². The molecule has 2 rings (SSSR count). The van der Waals surface area contributed by atoms with Gasteiger partial charge in [-0.2, -0.15) is 5.10 Å². The zero-order chi connectivity index (χ0) is 17.4. The van der Waals surface area contributed by atoms with Gasteiger partial charge in [-0.05, 0) is 29.8 Å². The molecule has 0 radical (unpaired) electrons.